The Hall–Kier alpha value is -2.66. The van der Waals surface area contributed by atoms with Crippen LogP contribution >= 0.6 is 11.3 Å². The quantitative estimate of drug-likeness (QED) is 0.457. The van der Waals surface area contributed by atoms with Crippen molar-refractivity contribution < 1.29 is 4.39 Å². The third kappa shape index (κ3) is 2.92. The van der Waals surface area contributed by atoms with Gasteiger partial charge in [0, 0.05) is 17.0 Å². The predicted octanol–water partition coefficient (Wildman–Crippen LogP) is 6.22. The summed E-state index contributed by atoms with van der Waals surface area (Å²) < 4.78 is 16.7. The van der Waals surface area contributed by atoms with E-state index in [9.17, 15) is 4.39 Å². The van der Waals surface area contributed by atoms with Crippen LogP contribution in [0, 0.1) is 5.82 Å². The van der Waals surface area contributed by atoms with Gasteiger partial charge in [0.2, 0.25) is 0 Å². The molecule has 2 aromatic heterocycles. The van der Waals surface area contributed by atoms with Crippen LogP contribution in [-0.4, -0.2) is 15.4 Å². The Morgan fingerprint density at radius 1 is 1.00 bits per heavy atom. The maximum Gasteiger partial charge on any atom is 0.196 e. The van der Waals surface area contributed by atoms with Crippen LogP contribution in [0.25, 0.3) is 27.5 Å². The number of nitrogens with one attached hydrogen (secondary N) is 1. The molecule has 5 rings (SSSR count). The fraction of sp³-hybridized carbons (Fsp3) is 0.227. The highest BCUT2D eigenvalue weighted by atomic mass is 32.1. The standard InChI is InChI=1S/C22H20FN3S/c23-18-13-7-6-12-17(18)20-21(24-16-10-4-5-11-16)26-19(14-27-22(26)25-20)15-8-2-1-3-9-15/h1-3,6-9,12-14,16,24H,4-5,10-11H2. The summed E-state index contributed by atoms with van der Waals surface area (Å²) in [7, 11) is 0. The average molecular weight is 377 g/mol. The molecule has 0 unspecified atom stereocenters. The van der Waals surface area contributed by atoms with Crippen molar-refractivity contribution in [3.63, 3.8) is 0 Å². The van der Waals surface area contributed by atoms with E-state index in [1.165, 1.54) is 18.9 Å². The highest BCUT2D eigenvalue weighted by Gasteiger charge is 2.24. The number of hydrogen-bond acceptors (Lipinski definition) is 3. The van der Waals surface area contributed by atoms with Gasteiger partial charge >= 0.3 is 0 Å². The van der Waals surface area contributed by atoms with Gasteiger partial charge in [-0.05, 0) is 30.5 Å². The second-order valence-corrected chi connectivity index (χ2v) is 7.86. The van der Waals surface area contributed by atoms with Gasteiger partial charge in [0.25, 0.3) is 0 Å². The highest BCUT2D eigenvalue weighted by Crippen LogP contribution is 2.38. The number of rotatable bonds is 4. The van der Waals surface area contributed by atoms with Gasteiger partial charge in [-0.3, -0.25) is 4.40 Å². The molecule has 1 aliphatic carbocycles. The van der Waals surface area contributed by atoms with Crippen LogP contribution in [0.3, 0.4) is 0 Å². The Labute approximate surface area is 161 Å². The molecule has 5 heteroatoms. The molecule has 3 nitrogen and oxygen atoms in total. The minimum absolute atomic E-state index is 0.237. The Kier molecular flexibility index (Phi) is 4.17. The van der Waals surface area contributed by atoms with E-state index in [4.69, 9.17) is 4.98 Å². The number of hydrogen-bond donors (Lipinski definition) is 1. The molecule has 4 aromatic rings. The van der Waals surface area contributed by atoms with Gasteiger partial charge in [0.1, 0.15) is 17.3 Å². The Balaban J connectivity index is 1.72. The first-order chi connectivity index (χ1) is 13.3. The number of halogens is 1. The van der Waals surface area contributed by atoms with E-state index < -0.39 is 0 Å². The van der Waals surface area contributed by atoms with Crippen molar-refractivity contribution in [2.75, 3.05) is 5.32 Å². The molecule has 2 aromatic carbocycles. The zero-order valence-electron chi connectivity index (χ0n) is 14.9. The molecule has 2 heterocycles. The number of benzene rings is 2. The van der Waals surface area contributed by atoms with Crippen molar-refractivity contribution in [1.82, 2.24) is 9.38 Å². The summed E-state index contributed by atoms with van der Waals surface area (Å²) in [6.45, 7) is 0. The van der Waals surface area contributed by atoms with Crippen molar-refractivity contribution in [3.8, 4) is 22.5 Å². The number of anilines is 1. The normalized spacial score (nSPS) is 14.9. The predicted molar refractivity (Wildman–Crippen MR) is 110 cm³/mol. The van der Waals surface area contributed by atoms with Gasteiger partial charge in [0.05, 0.1) is 5.69 Å². The van der Waals surface area contributed by atoms with Crippen LogP contribution < -0.4 is 5.32 Å². The van der Waals surface area contributed by atoms with Crippen LogP contribution in [0.2, 0.25) is 0 Å². The molecular formula is C22H20FN3S. The van der Waals surface area contributed by atoms with Gasteiger partial charge in [-0.15, -0.1) is 11.3 Å². The second kappa shape index (κ2) is 6.82. The summed E-state index contributed by atoms with van der Waals surface area (Å²) in [6, 6.07) is 17.6. The van der Waals surface area contributed by atoms with Crippen molar-refractivity contribution in [3.05, 3.63) is 65.8 Å². The second-order valence-electron chi connectivity index (χ2n) is 7.02. The van der Waals surface area contributed by atoms with Crippen LogP contribution in [0.15, 0.2) is 60.0 Å². The van der Waals surface area contributed by atoms with Crippen LogP contribution in [0.5, 0.6) is 0 Å². The Bertz CT molecular complexity index is 1080. The van der Waals surface area contributed by atoms with Gasteiger partial charge in [0.15, 0.2) is 4.96 Å². The molecule has 0 atom stereocenters. The number of aromatic nitrogens is 2. The first-order valence-corrected chi connectivity index (χ1v) is 10.3. The smallest absolute Gasteiger partial charge is 0.196 e. The third-order valence-corrected chi connectivity index (χ3v) is 6.08. The molecular weight excluding hydrogens is 357 g/mol. The van der Waals surface area contributed by atoms with Crippen molar-refractivity contribution in [1.29, 1.82) is 0 Å². The number of nitrogens with zero attached hydrogens (tertiary/aromatic N) is 2. The lowest BCUT2D eigenvalue weighted by atomic mass is 10.1. The molecule has 0 aliphatic heterocycles. The molecule has 136 valence electrons. The topological polar surface area (TPSA) is 29.3 Å². The fourth-order valence-corrected chi connectivity index (χ4v) is 4.80. The first-order valence-electron chi connectivity index (χ1n) is 9.38. The maximum absolute atomic E-state index is 14.6. The van der Waals surface area contributed by atoms with E-state index in [-0.39, 0.29) is 5.82 Å². The fourth-order valence-electron chi connectivity index (χ4n) is 3.91. The number of thiazole rings is 1. The van der Waals surface area contributed by atoms with E-state index in [0.29, 0.717) is 17.3 Å². The lowest BCUT2D eigenvalue weighted by Gasteiger charge is -2.16. The van der Waals surface area contributed by atoms with E-state index in [1.807, 2.05) is 30.3 Å². The lowest BCUT2D eigenvalue weighted by Crippen LogP contribution is -2.16. The van der Waals surface area contributed by atoms with Crippen molar-refractivity contribution in [2.45, 2.75) is 31.7 Å². The molecule has 0 saturated heterocycles. The minimum Gasteiger partial charge on any atom is -0.367 e. The highest BCUT2D eigenvalue weighted by molar-refractivity contribution is 7.15. The van der Waals surface area contributed by atoms with E-state index in [1.54, 1.807) is 17.4 Å². The lowest BCUT2D eigenvalue weighted by molar-refractivity contribution is 0.631. The summed E-state index contributed by atoms with van der Waals surface area (Å²) in [6.07, 6.45) is 4.77. The third-order valence-electron chi connectivity index (χ3n) is 5.26. The van der Waals surface area contributed by atoms with Gasteiger partial charge in [-0.2, -0.15) is 0 Å². The largest absolute Gasteiger partial charge is 0.367 e. The molecule has 0 bridgehead atoms. The monoisotopic (exact) mass is 377 g/mol. The van der Waals surface area contributed by atoms with Crippen LogP contribution in [0.1, 0.15) is 25.7 Å². The van der Waals surface area contributed by atoms with E-state index in [2.05, 4.69) is 27.2 Å². The van der Waals surface area contributed by atoms with E-state index in [0.717, 1.165) is 34.9 Å². The Morgan fingerprint density at radius 3 is 2.52 bits per heavy atom. The molecule has 27 heavy (non-hydrogen) atoms. The summed E-state index contributed by atoms with van der Waals surface area (Å²) in [5.41, 5.74) is 3.47. The van der Waals surface area contributed by atoms with E-state index >= 15 is 0 Å². The summed E-state index contributed by atoms with van der Waals surface area (Å²) >= 11 is 1.59. The van der Waals surface area contributed by atoms with Crippen LogP contribution in [-0.2, 0) is 0 Å². The number of imidazole rings is 1. The molecule has 1 aliphatic rings. The zero-order valence-corrected chi connectivity index (χ0v) is 15.7. The van der Waals surface area contributed by atoms with Crippen molar-refractivity contribution in [2.24, 2.45) is 0 Å². The molecule has 0 spiro atoms. The molecule has 1 saturated carbocycles. The molecule has 1 fully saturated rings. The molecule has 0 radical (unpaired) electrons. The molecule has 1 N–H and O–H groups in total. The first kappa shape index (κ1) is 16.5. The average Bonchev–Trinajstić information content (AvgIpc) is 3.42. The van der Waals surface area contributed by atoms with Gasteiger partial charge in [-0.25, -0.2) is 9.37 Å². The SMILES string of the molecule is Fc1ccccc1-c1nc2scc(-c3ccccc3)n2c1NC1CCCC1. The summed E-state index contributed by atoms with van der Waals surface area (Å²) in [5.74, 6) is 0.668. The molecule has 0 amide bonds. The van der Waals surface area contributed by atoms with Crippen molar-refractivity contribution >= 4 is 22.1 Å². The Morgan fingerprint density at radius 2 is 1.74 bits per heavy atom. The van der Waals surface area contributed by atoms with Gasteiger partial charge < -0.3 is 5.32 Å². The van der Waals surface area contributed by atoms with Gasteiger partial charge in [-0.1, -0.05) is 55.3 Å². The zero-order chi connectivity index (χ0) is 18.2. The number of fused-ring (bicyclic) bond motifs is 1. The summed E-state index contributed by atoms with van der Waals surface area (Å²) in [4.78, 5) is 5.69. The minimum atomic E-state index is -0.237. The summed E-state index contributed by atoms with van der Waals surface area (Å²) in [5, 5.41) is 5.82. The van der Waals surface area contributed by atoms with Crippen LogP contribution in [0.4, 0.5) is 10.2 Å². The maximum atomic E-state index is 14.6.